The molecule has 2 aromatic heterocycles. The molecule has 0 aromatic carbocycles. The molecule has 0 amide bonds. The number of fused-ring (bicyclic) bond motifs is 2. The molecule has 2 aromatic rings. The largest absolute Gasteiger partial charge is 0.474 e. The zero-order valence-electron chi connectivity index (χ0n) is 15.9. The molecule has 5 heterocycles. The van der Waals surface area contributed by atoms with E-state index < -0.39 is 0 Å². The minimum absolute atomic E-state index is 0.425. The van der Waals surface area contributed by atoms with Crippen LogP contribution in [0.5, 0.6) is 5.88 Å². The van der Waals surface area contributed by atoms with E-state index in [1.807, 2.05) is 18.3 Å². The third-order valence-electron chi connectivity index (χ3n) is 5.71. The first kappa shape index (κ1) is 16.5. The van der Waals surface area contributed by atoms with E-state index in [1.165, 1.54) is 12.8 Å². The van der Waals surface area contributed by atoms with Gasteiger partial charge in [0, 0.05) is 19.3 Å². The summed E-state index contributed by atoms with van der Waals surface area (Å²) in [7, 11) is 0. The number of nitrogens with zero attached hydrogens (tertiary/aromatic N) is 6. The van der Waals surface area contributed by atoms with Crippen LogP contribution in [0.4, 0.5) is 11.5 Å². The van der Waals surface area contributed by atoms with Gasteiger partial charge in [0.25, 0.3) is 0 Å². The van der Waals surface area contributed by atoms with Gasteiger partial charge in [0.15, 0.2) is 5.84 Å². The lowest BCUT2D eigenvalue weighted by atomic mass is 9.83. The number of amidine groups is 1. The molecule has 7 heteroatoms. The van der Waals surface area contributed by atoms with Crippen molar-refractivity contribution in [1.82, 2.24) is 15.0 Å². The van der Waals surface area contributed by atoms with Crippen LogP contribution in [0.1, 0.15) is 38.1 Å². The van der Waals surface area contributed by atoms with Gasteiger partial charge in [-0.25, -0.2) is 15.0 Å². The molecule has 1 fully saturated rings. The summed E-state index contributed by atoms with van der Waals surface area (Å²) in [5.74, 6) is 2.51. The number of piperidine rings is 1. The van der Waals surface area contributed by atoms with Gasteiger partial charge >= 0.3 is 0 Å². The van der Waals surface area contributed by atoms with Gasteiger partial charge in [-0.2, -0.15) is 0 Å². The number of aliphatic imine (C=N–C) groups is 1. The maximum Gasteiger partial charge on any atom is 0.238 e. The summed E-state index contributed by atoms with van der Waals surface area (Å²) < 4.78 is 5.67. The SMILES string of the molecule is CC1(C)CCN(c2cnc3c(n2)CN=C3N2CCOc3ncccc32)CC1. The number of pyridine rings is 1. The molecule has 0 atom stereocenters. The fourth-order valence-electron chi connectivity index (χ4n) is 3.92. The molecular formula is C20H24N6O. The summed E-state index contributed by atoms with van der Waals surface area (Å²) >= 11 is 0. The molecule has 0 spiro atoms. The highest BCUT2D eigenvalue weighted by Gasteiger charge is 2.31. The topological polar surface area (TPSA) is 66.7 Å². The molecule has 0 saturated carbocycles. The third-order valence-corrected chi connectivity index (χ3v) is 5.71. The minimum atomic E-state index is 0.425. The minimum Gasteiger partial charge on any atom is -0.474 e. The van der Waals surface area contributed by atoms with Crippen molar-refractivity contribution in [2.45, 2.75) is 33.2 Å². The lowest BCUT2D eigenvalue weighted by Gasteiger charge is -2.37. The summed E-state index contributed by atoms with van der Waals surface area (Å²) in [6, 6.07) is 3.93. The van der Waals surface area contributed by atoms with Crippen LogP contribution in [0.15, 0.2) is 29.5 Å². The van der Waals surface area contributed by atoms with Gasteiger partial charge in [-0.3, -0.25) is 4.99 Å². The highest BCUT2D eigenvalue weighted by molar-refractivity contribution is 6.11. The number of anilines is 2. The van der Waals surface area contributed by atoms with E-state index in [9.17, 15) is 0 Å². The van der Waals surface area contributed by atoms with Gasteiger partial charge in [0.05, 0.1) is 25.0 Å². The molecule has 5 rings (SSSR count). The van der Waals surface area contributed by atoms with Crippen molar-refractivity contribution < 1.29 is 4.74 Å². The van der Waals surface area contributed by atoms with Crippen LogP contribution in [0.3, 0.4) is 0 Å². The predicted molar refractivity (Wildman–Crippen MR) is 105 cm³/mol. The van der Waals surface area contributed by atoms with E-state index in [1.54, 1.807) is 6.20 Å². The van der Waals surface area contributed by atoms with Gasteiger partial charge in [-0.05, 0) is 30.4 Å². The third kappa shape index (κ3) is 2.91. The van der Waals surface area contributed by atoms with E-state index >= 15 is 0 Å². The number of hydrogen-bond donors (Lipinski definition) is 0. The van der Waals surface area contributed by atoms with E-state index in [4.69, 9.17) is 19.7 Å². The molecule has 1 saturated heterocycles. The number of rotatable bonds is 1. The molecule has 0 unspecified atom stereocenters. The highest BCUT2D eigenvalue weighted by atomic mass is 16.5. The first-order valence-electron chi connectivity index (χ1n) is 9.62. The lowest BCUT2D eigenvalue weighted by molar-refractivity contribution is 0.279. The molecule has 27 heavy (non-hydrogen) atoms. The van der Waals surface area contributed by atoms with E-state index in [0.29, 0.717) is 24.4 Å². The first-order chi connectivity index (χ1) is 13.1. The second-order valence-electron chi connectivity index (χ2n) is 8.14. The average Bonchev–Trinajstić information content (AvgIpc) is 3.10. The summed E-state index contributed by atoms with van der Waals surface area (Å²) in [5, 5.41) is 0. The maximum atomic E-state index is 5.67. The average molecular weight is 364 g/mol. The summed E-state index contributed by atoms with van der Waals surface area (Å²) in [6.45, 7) is 8.67. The van der Waals surface area contributed by atoms with Crippen LogP contribution >= 0.6 is 0 Å². The van der Waals surface area contributed by atoms with Gasteiger partial charge in [0.1, 0.15) is 23.8 Å². The lowest BCUT2D eigenvalue weighted by Crippen LogP contribution is -2.39. The zero-order valence-corrected chi connectivity index (χ0v) is 15.9. The van der Waals surface area contributed by atoms with Crippen molar-refractivity contribution in [3.05, 3.63) is 35.9 Å². The van der Waals surface area contributed by atoms with Crippen LogP contribution in [0, 0.1) is 5.41 Å². The van der Waals surface area contributed by atoms with Crippen molar-refractivity contribution in [3.8, 4) is 5.88 Å². The Bertz CT molecular complexity index is 899. The normalized spacial score (nSPS) is 20.6. The molecule has 3 aliphatic heterocycles. The van der Waals surface area contributed by atoms with Gasteiger partial charge in [-0.15, -0.1) is 0 Å². The Morgan fingerprint density at radius 3 is 2.81 bits per heavy atom. The Balaban J connectivity index is 1.41. The molecule has 7 nitrogen and oxygen atoms in total. The summed E-state index contributed by atoms with van der Waals surface area (Å²) in [5.41, 5.74) is 3.21. The van der Waals surface area contributed by atoms with Crippen molar-refractivity contribution in [3.63, 3.8) is 0 Å². The van der Waals surface area contributed by atoms with Crippen LogP contribution in [0.2, 0.25) is 0 Å². The van der Waals surface area contributed by atoms with Gasteiger partial charge < -0.3 is 14.5 Å². The number of ether oxygens (including phenoxy) is 1. The number of aromatic nitrogens is 3. The first-order valence-corrected chi connectivity index (χ1v) is 9.62. The second kappa shape index (κ2) is 6.18. The Morgan fingerprint density at radius 2 is 1.96 bits per heavy atom. The molecule has 0 aliphatic carbocycles. The number of hydrogen-bond acceptors (Lipinski definition) is 7. The van der Waals surface area contributed by atoms with E-state index in [2.05, 4.69) is 28.6 Å². The van der Waals surface area contributed by atoms with Crippen LogP contribution in [-0.2, 0) is 6.54 Å². The quantitative estimate of drug-likeness (QED) is 0.775. The molecule has 0 N–H and O–H groups in total. The summed E-state index contributed by atoms with van der Waals surface area (Å²) in [4.78, 5) is 23.2. The summed E-state index contributed by atoms with van der Waals surface area (Å²) in [6.07, 6.45) is 6.03. The van der Waals surface area contributed by atoms with E-state index in [-0.39, 0.29) is 0 Å². The van der Waals surface area contributed by atoms with Crippen molar-refractivity contribution >= 4 is 17.3 Å². The monoisotopic (exact) mass is 364 g/mol. The Kier molecular flexibility index (Phi) is 3.77. The van der Waals surface area contributed by atoms with Crippen LogP contribution in [0.25, 0.3) is 0 Å². The predicted octanol–water partition coefficient (Wildman–Crippen LogP) is 2.66. The molecule has 0 radical (unpaired) electrons. The molecule has 140 valence electrons. The highest BCUT2D eigenvalue weighted by Crippen LogP contribution is 2.34. The Morgan fingerprint density at radius 1 is 1.11 bits per heavy atom. The van der Waals surface area contributed by atoms with Crippen molar-refractivity contribution in [2.24, 2.45) is 10.4 Å². The van der Waals surface area contributed by atoms with Crippen molar-refractivity contribution in [1.29, 1.82) is 0 Å². The van der Waals surface area contributed by atoms with Crippen molar-refractivity contribution in [2.75, 3.05) is 36.0 Å². The molecular weight excluding hydrogens is 340 g/mol. The fourth-order valence-corrected chi connectivity index (χ4v) is 3.92. The second-order valence-corrected chi connectivity index (χ2v) is 8.14. The Hall–Kier alpha value is -2.70. The molecule has 3 aliphatic rings. The fraction of sp³-hybridized carbons (Fsp3) is 0.500. The van der Waals surface area contributed by atoms with Crippen LogP contribution in [-0.4, -0.2) is 47.0 Å². The van der Waals surface area contributed by atoms with Crippen LogP contribution < -0.4 is 14.5 Å². The Labute approximate surface area is 159 Å². The van der Waals surface area contributed by atoms with Gasteiger partial charge in [0.2, 0.25) is 5.88 Å². The maximum absolute atomic E-state index is 5.67. The molecule has 0 bridgehead atoms. The van der Waals surface area contributed by atoms with Gasteiger partial charge in [-0.1, -0.05) is 13.8 Å². The van der Waals surface area contributed by atoms with E-state index in [0.717, 1.165) is 48.4 Å². The standard InChI is InChI=1S/C20H24N6O/c1-20(2)5-8-25(9-6-20)16-13-22-17-14(24-16)12-23-18(17)26-10-11-27-19-15(26)4-3-7-21-19/h3-4,7,13H,5-6,8-12H2,1-2H3. The zero-order chi connectivity index (χ0) is 18.4. The smallest absolute Gasteiger partial charge is 0.238 e.